The Labute approximate surface area is 163 Å². The molecule has 1 aromatic rings. The van der Waals surface area contributed by atoms with Gasteiger partial charge in [-0.3, -0.25) is 4.99 Å². The summed E-state index contributed by atoms with van der Waals surface area (Å²) in [7, 11) is 1.79. The zero-order valence-electron chi connectivity index (χ0n) is 17.1. The van der Waals surface area contributed by atoms with Crippen molar-refractivity contribution in [2.24, 2.45) is 10.9 Å². The molecule has 0 aliphatic carbocycles. The molecule has 27 heavy (non-hydrogen) atoms. The molecule has 1 aliphatic rings. The van der Waals surface area contributed by atoms with E-state index < -0.39 is 0 Å². The highest BCUT2D eigenvalue weighted by Crippen LogP contribution is 2.19. The molecule has 6 nitrogen and oxygen atoms in total. The van der Waals surface area contributed by atoms with Crippen LogP contribution in [-0.2, 0) is 16.0 Å². The van der Waals surface area contributed by atoms with Crippen molar-refractivity contribution in [1.82, 2.24) is 10.6 Å². The number of aliphatic imine (C=N–C) groups is 1. The minimum Gasteiger partial charge on any atom is -0.494 e. The lowest BCUT2D eigenvalue weighted by Crippen LogP contribution is -2.37. The lowest BCUT2D eigenvalue weighted by atomic mass is 10.0. The lowest BCUT2D eigenvalue weighted by Gasteiger charge is -2.21. The molecule has 2 rings (SSSR count). The predicted molar refractivity (Wildman–Crippen MR) is 110 cm³/mol. The lowest BCUT2D eigenvalue weighted by molar-refractivity contribution is 0.0203. The van der Waals surface area contributed by atoms with E-state index in [2.05, 4.69) is 34.7 Å². The number of nitrogens with one attached hydrogen (secondary N) is 2. The third kappa shape index (κ3) is 8.18. The van der Waals surface area contributed by atoms with Crippen LogP contribution in [0.15, 0.2) is 23.2 Å². The standard InChI is InChI=1S/C21H35N3O3/c1-4-27-20-7-6-19(14-17(20)2)15-24-21(22-3)23-10-5-11-26-16-18-8-12-25-13-9-18/h6-7,14,18H,4-5,8-13,15-16H2,1-3H3,(H2,22,23,24). The van der Waals surface area contributed by atoms with Crippen molar-refractivity contribution in [1.29, 1.82) is 0 Å². The van der Waals surface area contributed by atoms with Crippen LogP contribution in [0.4, 0.5) is 0 Å². The molecule has 1 saturated heterocycles. The highest BCUT2D eigenvalue weighted by atomic mass is 16.5. The van der Waals surface area contributed by atoms with E-state index in [-0.39, 0.29) is 0 Å². The van der Waals surface area contributed by atoms with Crippen LogP contribution in [0.1, 0.15) is 37.3 Å². The van der Waals surface area contributed by atoms with Crippen LogP contribution in [0.5, 0.6) is 5.75 Å². The maximum absolute atomic E-state index is 5.79. The smallest absolute Gasteiger partial charge is 0.191 e. The Bertz CT molecular complexity index is 572. The van der Waals surface area contributed by atoms with E-state index in [1.807, 2.05) is 13.0 Å². The number of ether oxygens (including phenoxy) is 3. The van der Waals surface area contributed by atoms with Crippen molar-refractivity contribution in [2.45, 2.75) is 39.7 Å². The Kier molecular flexibility index (Phi) is 10.0. The van der Waals surface area contributed by atoms with Crippen LogP contribution < -0.4 is 15.4 Å². The Balaban J connectivity index is 1.59. The fraction of sp³-hybridized carbons (Fsp3) is 0.667. The molecule has 0 aromatic heterocycles. The summed E-state index contributed by atoms with van der Waals surface area (Å²) >= 11 is 0. The molecule has 1 fully saturated rings. The number of hydrogen-bond acceptors (Lipinski definition) is 4. The van der Waals surface area contributed by atoms with Gasteiger partial charge in [-0.05, 0) is 56.2 Å². The summed E-state index contributed by atoms with van der Waals surface area (Å²) in [4.78, 5) is 4.28. The highest BCUT2D eigenvalue weighted by Gasteiger charge is 2.13. The molecule has 0 atom stereocenters. The van der Waals surface area contributed by atoms with Gasteiger partial charge in [0.1, 0.15) is 5.75 Å². The van der Waals surface area contributed by atoms with Crippen LogP contribution >= 0.6 is 0 Å². The van der Waals surface area contributed by atoms with Gasteiger partial charge in [-0.25, -0.2) is 0 Å². The van der Waals surface area contributed by atoms with E-state index in [4.69, 9.17) is 14.2 Å². The van der Waals surface area contributed by atoms with Crippen molar-refractivity contribution in [3.05, 3.63) is 29.3 Å². The van der Waals surface area contributed by atoms with E-state index in [0.29, 0.717) is 12.5 Å². The average molecular weight is 378 g/mol. The first-order chi connectivity index (χ1) is 13.2. The topological polar surface area (TPSA) is 64.1 Å². The first-order valence-electron chi connectivity index (χ1n) is 10.0. The van der Waals surface area contributed by atoms with Gasteiger partial charge in [0.2, 0.25) is 0 Å². The summed E-state index contributed by atoms with van der Waals surface area (Å²) in [5, 5.41) is 6.69. The minimum atomic E-state index is 0.665. The summed E-state index contributed by atoms with van der Waals surface area (Å²) < 4.78 is 16.8. The quantitative estimate of drug-likeness (QED) is 0.373. The summed E-state index contributed by atoms with van der Waals surface area (Å²) in [6, 6.07) is 6.26. The normalized spacial score (nSPS) is 15.6. The molecule has 0 radical (unpaired) electrons. The van der Waals surface area contributed by atoms with Gasteiger partial charge in [0.05, 0.1) is 6.61 Å². The molecule has 6 heteroatoms. The number of nitrogens with zero attached hydrogens (tertiary/aromatic N) is 1. The molecular weight excluding hydrogens is 342 g/mol. The van der Waals surface area contributed by atoms with Crippen LogP contribution in [-0.4, -0.2) is 52.6 Å². The largest absolute Gasteiger partial charge is 0.494 e. The Hall–Kier alpha value is -1.79. The predicted octanol–water partition coefficient (Wildman–Crippen LogP) is 2.89. The van der Waals surface area contributed by atoms with E-state index in [0.717, 1.165) is 76.1 Å². The molecule has 1 aliphatic heterocycles. The van der Waals surface area contributed by atoms with Gasteiger partial charge in [-0.2, -0.15) is 0 Å². The first-order valence-corrected chi connectivity index (χ1v) is 10.0. The van der Waals surface area contributed by atoms with Crippen LogP contribution in [0.3, 0.4) is 0 Å². The van der Waals surface area contributed by atoms with Crippen LogP contribution in [0, 0.1) is 12.8 Å². The Morgan fingerprint density at radius 2 is 2.07 bits per heavy atom. The third-order valence-corrected chi connectivity index (χ3v) is 4.68. The second-order valence-electron chi connectivity index (χ2n) is 6.87. The number of rotatable bonds is 10. The van der Waals surface area contributed by atoms with Gasteiger partial charge in [0, 0.05) is 46.6 Å². The van der Waals surface area contributed by atoms with Gasteiger partial charge in [-0.1, -0.05) is 12.1 Å². The maximum Gasteiger partial charge on any atom is 0.191 e. The summed E-state index contributed by atoms with van der Waals surface area (Å²) in [5.41, 5.74) is 2.36. The van der Waals surface area contributed by atoms with E-state index >= 15 is 0 Å². The molecule has 152 valence electrons. The summed E-state index contributed by atoms with van der Waals surface area (Å²) in [5.74, 6) is 2.43. The molecule has 1 aromatic carbocycles. The monoisotopic (exact) mass is 377 g/mol. The fourth-order valence-corrected chi connectivity index (χ4v) is 3.09. The molecule has 0 saturated carbocycles. The van der Waals surface area contributed by atoms with Crippen molar-refractivity contribution in [3.8, 4) is 5.75 Å². The summed E-state index contributed by atoms with van der Waals surface area (Å²) in [6.07, 6.45) is 3.21. The maximum atomic E-state index is 5.79. The number of hydrogen-bond donors (Lipinski definition) is 2. The van der Waals surface area contributed by atoms with Gasteiger partial charge in [0.25, 0.3) is 0 Å². The molecule has 1 heterocycles. The SMILES string of the molecule is CCOc1ccc(CNC(=NC)NCCCOCC2CCOCC2)cc1C. The van der Waals surface area contributed by atoms with Gasteiger partial charge in [-0.15, -0.1) is 0 Å². The van der Waals surface area contributed by atoms with Crippen LogP contribution in [0.2, 0.25) is 0 Å². The molecule has 0 spiro atoms. The molecule has 0 unspecified atom stereocenters. The Morgan fingerprint density at radius 1 is 1.26 bits per heavy atom. The first kappa shape index (κ1) is 21.5. The van der Waals surface area contributed by atoms with Crippen molar-refractivity contribution >= 4 is 5.96 Å². The second-order valence-corrected chi connectivity index (χ2v) is 6.87. The fourth-order valence-electron chi connectivity index (χ4n) is 3.09. The number of guanidine groups is 1. The van der Waals surface area contributed by atoms with Gasteiger partial charge >= 0.3 is 0 Å². The zero-order chi connectivity index (χ0) is 19.3. The van der Waals surface area contributed by atoms with Crippen molar-refractivity contribution in [3.63, 3.8) is 0 Å². The summed E-state index contributed by atoms with van der Waals surface area (Å²) in [6.45, 7) is 9.73. The average Bonchev–Trinajstić information content (AvgIpc) is 2.69. The van der Waals surface area contributed by atoms with E-state index in [1.165, 1.54) is 5.56 Å². The van der Waals surface area contributed by atoms with E-state index in [9.17, 15) is 0 Å². The van der Waals surface area contributed by atoms with Crippen LogP contribution in [0.25, 0.3) is 0 Å². The number of aryl methyl sites for hydroxylation is 1. The van der Waals surface area contributed by atoms with E-state index in [1.54, 1.807) is 7.05 Å². The molecular formula is C21H35N3O3. The molecule has 0 bridgehead atoms. The van der Waals surface area contributed by atoms with Crippen molar-refractivity contribution in [2.75, 3.05) is 46.6 Å². The van der Waals surface area contributed by atoms with Gasteiger partial charge in [0.15, 0.2) is 5.96 Å². The molecule has 2 N–H and O–H groups in total. The van der Waals surface area contributed by atoms with Crippen molar-refractivity contribution < 1.29 is 14.2 Å². The van der Waals surface area contributed by atoms with Gasteiger partial charge < -0.3 is 24.8 Å². The Morgan fingerprint density at radius 3 is 2.78 bits per heavy atom. The number of benzene rings is 1. The zero-order valence-corrected chi connectivity index (χ0v) is 17.1. The minimum absolute atomic E-state index is 0.665. The highest BCUT2D eigenvalue weighted by molar-refractivity contribution is 5.79. The second kappa shape index (κ2) is 12.6. The molecule has 0 amide bonds. The third-order valence-electron chi connectivity index (χ3n) is 4.68.